The normalized spacial score (nSPS) is 9.21. The first kappa shape index (κ1) is 10.3. The van der Waals surface area contributed by atoms with Gasteiger partial charge in [0, 0.05) is 11.3 Å². The van der Waals surface area contributed by atoms with E-state index in [-0.39, 0.29) is 5.91 Å². The predicted octanol–water partition coefficient (Wildman–Crippen LogP) is 2.68. The first-order valence-electron chi connectivity index (χ1n) is 4.33. The van der Waals surface area contributed by atoms with Crippen molar-refractivity contribution in [2.24, 2.45) is 0 Å². The largest absolute Gasteiger partial charge is 0.322 e. The number of carbonyl (C=O) groups is 1. The molecular formula is C12H13NO. The second-order valence-corrected chi connectivity index (χ2v) is 3.05. The summed E-state index contributed by atoms with van der Waals surface area (Å²) in [7, 11) is 0. The van der Waals surface area contributed by atoms with E-state index in [0.717, 1.165) is 11.3 Å². The minimum atomic E-state index is -0.219. The number of amides is 1. The molecule has 1 aromatic carbocycles. The molecule has 1 rings (SSSR count). The van der Waals surface area contributed by atoms with Gasteiger partial charge in [0.25, 0.3) is 5.91 Å². The van der Waals surface area contributed by atoms with E-state index in [1.165, 1.54) is 6.08 Å². The van der Waals surface area contributed by atoms with Crippen molar-refractivity contribution in [3.05, 3.63) is 54.6 Å². The molecule has 0 radical (unpaired) electrons. The number of nitrogens with one attached hydrogen (secondary N) is 1. The van der Waals surface area contributed by atoms with Crippen molar-refractivity contribution in [3.8, 4) is 0 Å². The van der Waals surface area contributed by atoms with Crippen LogP contribution in [0, 0.1) is 6.92 Å². The van der Waals surface area contributed by atoms with Crippen molar-refractivity contribution in [2.45, 2.75) is 6.92 Å². The van der Waals surface area contributed by atoms with E-state index in [9.17, 15) is 4.79 Å². The maximum absolute atomic E-state index is 11.3. The standard InChI is InChI=1S/C12H13NO/c1-4-10(3)12(14)13-11-7-5-9(2)6-8-11/h4-8H,1,3H2,2H3,(H,13,14). The molecule has 0 fully saturated rings. The highest BCUT2D eigenvalue weighted by atomic mass is 16.1. The highest BCUT2D eigenvalue weighted by Gasteiger charge is 2.02. The molecule has 1 aromatic rings. The lowest BCUT2D eigenvalue weighted by Crippen LogP contribution is -2.12. The molecule has 72 valence electrons. The van der Waals surface area contributed by atoms with Crippen LogP contribution >= 0.6 is 0 Å². The van der Waals surface area contributed by atoms with Crippen molar-refractivity contribution >= 4 is 11.6 Å². The van der Waals surface area contributed by atoms with Gasteiger partial charge in [-0.3, -0.25) is 4.79 Å². The molecule has 0 atom stereocenters. The molecule has 0 unspecified atom stereocenters. The molecule has 0 aromatic heterocycles. The van der Waals surface area contributed by atoms with Crippen molar-refractivity contribution in [2.75, 3.05) is 5.32 Å². The van der Waals surface area contributed by atoms with Gasteiger partial charge in [-0.15, -0.1) is 0 Å². The lowest BCUT2D eigenvalue weighted by molar-refractivity contribution is -0.112. The Labute approximate surface area is 84.0 Å². The molecule has 0 heterocycles. The molecule has 1 N–H and O–H groups in total. The molecular weight excluding hydrogens is 174 g/mol. The van der Waals surface area contributed by atoms with Crippen molar-refractivity contribution in [1.82, 2.24) is 0 Å². The Balaban J connectivity index is 2.70. The SMILES string of the molecule is C=CC(=C)C(=O)Nc1ccc(C)cc1. The number of hydrogen-bond acceptors (Lipinski definition) is 1. The summed E-state index contributed by atoms with van der Waals surface area (Å²) in [6.07, 6.45) is 1.43. The Hall–Kier alpha value is -1.83. The minimum absolute atomic E-state index is 0.219. The lowest BCUT2D eigenvalue weighted by atomic mass is 10.2. The molecule has 14 heavy (non-hydrogen) atoms. The Kier molecular flexibility index (Phi) is 3.24. The third-order valence-corrected chi connectivity index (χ3v) is 1.85. The van der Waals surface area contributed by atoms with E-state index in [1.54, 1.807) is 0 Å². The molecule has 2 nitrogen and oxygen atoms in total. The van der Waals surface area contributed by atoms with Gasteiger partial charge in [-0.2, -0.15) is 0 Å². The fourth-order valence-electron chi connectivity index (χ4n) is 0.941. The molecule has 0 aliphatic heterocycles. The maximum Gasteiger partial charge on any atom is 0.255 e. The van der Waals surface area contributed by atoms with Gasteiger partial charge in [0.05, 0.1) is 0 Å². The summed E-state index contributed by atoms with van der Waals surface area (Å²) in [5, 5.41) is 2.71. The number of hydrogen-bond donors (Lipinski definition) is 1. The van der Waals surface area contributed by atoms with Gasteiger partial charge in [-0.05, 0) is 19.1 Å². The maximum atomic E-state index is 11.3. The third kappa shape index (κ3) is 2.59. The van der Waals surface area contributed by atoms with Gasteiger partial charge in [-0.1, -0.05) is 36.9 Å². The molecule has 0 saturated carbocycles. The summed E-state index contributed by atoms with van der Waals surface area (Å²) in [5.41, 5.74) is 2.29. The molecule has 1 amide bonds. The first-order chi connectivity index (χ1) is 6.63. The minimum Gasteiger partial charge on any atom is -0.322 e. The van der Waals surface area contributed by atoms with Gasteiger partial charge >= 0.3 is 0 Å². The molecule has 0 spiro atoms. The van der Waals surface area contributed by atoms with Crippen molar-refractivity contribution in [1.29, 1.82) is 0 Å². The monoisotopic (exact) mass is 187 g/mol. The molecule has 0 aliphatic rings. The van der Waals surface area contributed by atoms with E-state index >= 15 is 0 Å². The average molecular weight is 187 g/mol. The Morgan fingerprint density at radius 3 is 2.43 bits per heavy atom. The van der Waals surface area contributed by atoms with Gasteiger partial charge in [0.1, 0.15) is 0 Å². The predicted molar refractivity (Wildman–Crippen MR) is 59.1 cm³/mol. The Morgan fingerprint density at radius 2 is 1.93 bits per heavy atom. The highest BCUT2D eigenvalue weighted by molar-refractivity contribution is 6.05. The summed E-state index contributed by atoms with van der Waals surface area (Å²) < 4.78 is 0. The smallest absolute Gasteiger partial charge is 0.255 e. The average Bonchev–Trinajstić information content (AvgIpc) is 2.20. The summed E-state index contributed by atoms with van der Waals surface area (Å²) in [5.74, 6) is -0.219. The van der Waals surface area contributed by atoms with Crippen LogP contribution in [0.1, 0.15) is 5.56 Å². The zero-order valence-electron chi connectivity index (χ0n) is 8.21. The van der Waals surface area contributed by atoms with Crippen LogP contribution in [-0.2, 0) is 4.79 Å². The van der Waals surface area contributed by atoms with Crippen molar-refractivity contribution < 1.29 is 4.79 Å². The summed E-state index contributed by atoms with van der Waals surface area (Å²) in [4.78, 5) is 11.3. The van der Waals surface area contributed by atoms with Crippen LogP contribution in [0.3, 0.4) is 0 Å². The van der Waals surface area contributed by atoms with Crippen LogP contribution in [0.5, 0.6) is 0 Å². The zero-order chi connectivity index (χ0) is 10.6. The number of rotatable bonds is 3. The number of benzene rings is 1. The second kappa shape index (κ2) is 4.42. The third-order valence-electron chi connectivity index (χ3n) is 1.85. The zero-order valence-corrected chi connectivity index (χ0v) is 8.21. The highest BCUT2D eigenvalue weighted by Crippen LogP contribution is 2.09. The molecule has 2 heteroatoms. The number of carbonyl (C=O) groups excluding carboxylic acids is 1. The molecule has 0 aliphatic carbocycles. The van der Waals surface area contributed by atoms with Gasteiger partial charge < -0.3 is 5.32 Å². The Bertz CT molecular complexity index is 362. The van der Waals surface area contributed by atoms with Crippen LogP contribution in [0.2, 0.25) is 0 Å². The van der Waals surface area contributed by atoms with E-state index in [0.29, 0.717) is 5.57 Å². The summed E-state index contributed by atoms with van der Waals surface area (Å²) in [6, 6.07) is 7.58. The van der Waals surface area contributed by atoms with E-state index in [4.69, 9.17) is 0 Å². The topological polar surface area (TPSA) is 29.1 Å². The second-order valence-electron chi connectivity index (χ2n) is 3.05. The molecule has 0 saturated heterocycles. The quantitative estimate of drug-likeness (QED) is 0.572. The van der Waals surface area contributed by atoms with Gasteiger partial charge in [0.2, 0.25) is 0 Å². The fraction of sp³-hybridized carbons (Fsp3) is 0.0833. The number of aryl methyl sites for hydroxylation is 1. The summed E-state index contributed by atoms with van der Waals surface area (Å²) in [6.45, 7) is 9.03. The lowest BCUT2D eigenvalue weighted by Gasteiger charge is -2.04. The van der Waals surface area contributed by atoms with Crippen LogP contribution in [-0.4, -0.2) is 5.91 Å². The van der Waals surface area contributed by atoms with Crippen LogP contribution in [0.25, 0.3) is 0 Å². The van der Waals surface area contributed by atoms with E-state index < -0.39 is 0 Å². The van der Waals surface area contributed by atoms with E-state index in [1.807, 2.05) is 31.2 Å². The molecule has 0 bridgehead atoms. The number of anilines is 1. The van der Waals surface area contributed by atoms with Crippen LogP contribution in [0.4, 0.5) is 5.69 Å². The van der Waals surface area contributed by atoms with Crippen LogP contribution < -0.4 is 5.32 Å². The van der Waals surface area contributed by atoms with Gasteiger partial charge in [-0.25, -0.2) is 0 Å². The fourth-order valence-corrected chi connectivity index (χ4v) is 0.941. The first-order valence-corrected chi connectivity index (χ1v) is 4.33. The Morgan fingerprint density at radius 1 is 1.36 bits per heavy atom. The van der Waals surface area contributed by atoms with Gasteiger partial charge in [0.15, 0.2) is 0 Å². The van der Waals surface area contributed by atoms with Crippen LogP contribution in [0.15, 0.2) is 49.1 Å². The van der Waals surface area contributed by atoms with E-state index in [2.05, 4.69) is 18.5 Å². The summed E-state index contributed by atoms with van der Waals surface area (Å²) >= 11 is 0. The van der Waals surface area contributed by atoms with Crippen molar-refractivity contribution in [3.63, 3.8) is 0 Å².